The van der Waals surface area contributed by atoms with Gasteiger partial charge in [-0.15, -0.1) is 0 Å². The highest BCUT2D eigenvalue weighted by atomic mass is 35.5. The SMILES string of the molecule is C[C@@H](c1ccccc1Cl)N1CCN(Cc2ccn[nH]2)CC1. The first-order valence-corrected chi connectivity index (χ1v) is 7.81. The second-order valence-corrected chi connectivity index (χ2v) is 6.00. The van der Waals surface area contributed by atoms with Gasteiger partial charge in [0.25, 0.3) is 0 Å². The summed E-state index contributed by atoms with van der Waals surface area (Å²) in [6, 6.07) is 10.6. The zero-order valence-electron chi connectivity index (χ0n) is 12.3. The molecule has 1 atom stereocenters. The number of nitrogens with zero attached hydrogens (tertiary/aromatic N) is 3. The molecule has 112 valence electrons. The number of hydrogen-bond acceptors (Lipinski definition) is 3. The van der Waals surface area contributed by atoms with Crippen LogP contribution in [0.3, 0.4) is 0 Å². The summed E-state index contributed by atoms with van der Waals surface area (Å²) >= 11 is 6.31. The van der Waals surface area contributed by atoms with Crippen molar-refractivity contribution in [3.63, 3.8) is 0 Å². The maximum atomic E-state index is 6.31. The van der Waals surface area contributed by atoms with Crippen LogP contribution in [0, 0.1) is 0 Å². The Hall–Kier alpha value is -1.36. The number of halogens is 1. The van der Waals surface area contributed by atoms with Crippen molar-refractivity contribution >= 4 is 11.6 Å². The minimum Gasteiger partial charge on any atom is -0.295 e. The van der Waals surface area contributed by atoms with E-state index in [2.05, 4.69) is 39.1 Å². The third kappa shape index (κ3) is 3.46. The van der Waals surface area contributed by atoms with Crippen LogP contribution in [0.5, 0.6) is 0 Å². The van der Waals surface area contributed by atoms with Crippen LogP contribution in [0.15, 0.2) is 36.5 Å². The number of benzene rings is 1. The van der Waals surface area contributed by atoms with Gasteiger partial charge in [-0.05, 0) is 24.6 Å². The molecule has 0 unspecified atom stereocenters. The van der Waals surface area contributed by atoms with Gasteiger partial charge in [-0.25, -0.2) is 0 Å². The second-order valence-electron chi connectivity index (χ2n) is 5.59. The highest BCUT2D eigenvalue weighted by Crippen LogP contribution is 2.27. The van der Waals surface area contributed by atoms with E-state index in [0.717, 1.165) is 37.7 Å². The molecule has 0 radical (unpaired) electrons. The fraction of sp³-hybridized carbons (Fsp3) is 0.438. The Morgan fingerprint density at radius 2 is 1.95 bits per heavy atom. The maximum absolute atomic E-state index is 6.31. The van der Waals surface area contributed by atoms with E-state index < -0.39 is 0 Å². The largest absolute Gasteiger partial charge is 0.295 e. The molecule has 0 aliphatic carbocycles. The number of rotatable bonds is 4. The van der Waals surface area contributed by atoms with E-state index in [4.69, 9.17) is 11.6 Å². The van der Waals surface area contributed by atoms with Gasteiger partial charge in [-0.2, -0.15) is 5.10 Å². The van der Waals surface area contributed by atoms with Crippen molar-refractivity contribution < 1.29 is 0 Å². The molecule has 1 aromatic carbocycles. The molecule has 2 aromatic rings. The van der Waals surface area contributed by atoms with Gasteiger partial charge < -0.3 is 0 Å². The lowest BCUT2D eigenvalue weighted by atomic mass is 10.1. The van der Waals surface area contributed by atoms with Gasteiger partial charge in [0.05, 0.1) is 0 Å². The standard InChI is InChI=1S/C16H21ClN4/c1-13(15-4-2-3-5-16(15)17)21-10-8-20(9-11-21)12-14-6-7-18-19-14/h2-7,13H,8-12H2,1H3,(H,18,19)/t13-/m0/s1. The molecule has 0 saturated carbocycles. The molecule has 0 bridgehead atoms. The number of aromatic amines is 1. The van der Waals surface area contributed by atoms with Crippen molar-refractivity contribution in [3.05, 3.63) is 52.8 Å². The smallest absolute Gasteiger partial charge is 0.0492 e. The molecule has 1 fully saturated rings. The van der Waals surface area contributed by atoms with Crippen LogP contribution in [0.1, 0.15) is 24.2 Å². The lowest BCUT2D eigenvalue weighted by molar-refractivity contribution is 0.0971. The molecule has 3 rings (SSSR count). The predicted octanol–water partition coefficient (Wildman–Crippen LogP) is 2.94. The van der Waals surface area contributed by atoms with Crippen molar-refractivity contribution in [1.82, 2.24) is 20.0 Å². The lowest BCUT2D eigenvalue weighted by Gasteiger charge is -2.38. The van der Waals surface area contributed by atoms with Crippen molar-refractivity contribution in [1.29, 1.82) is 0 Å². The molecule has 1 aliphatic rings. The van der Waals surface area contributed by atoms with E-state index >= 15 is 0 Å². The van der Waals surface area contributed by atoms with Crippen LogP contribution in [0.4, 0.5) is 0 Å². The van der Waals surface area contributed by atoms with Crippen molar-refractivity contribution in [2.75, 3.05) is 26.2 Å². The lowest BCUT2D eigenvalue weighted by Crippen LogP contribution is -2.46. The quantitative estimate of drug-likeness (QED) is 0.943. The average Bonchev–Trinajstić information content (AvgIpc) is 3.01. The van der Waals surface area contributed by atoms with Crippen molar-refractivity contribution in [2.24, 2.45) is 0 Å². The van der Waals surface area contributed by atoms with Gasteiger partial charge in [0.2, 0.25) is 0 Å². The van der Waals surface area contributed by atoms with Crippen LogP contribution >= 0.6 is 11.6 Å². The Bertz CT molecular complexity index is 561. The summed E-state index contributed by atoms with van der Waals surface area (Å²) in [6.45, 7) is 7.49. The topological polar surface area (TPSA) is 35.2 Å². The minimum absolute atomic E-state index is 0.369. The molecule has 1 saturated heterocycles. The van der Waals surface area contributed by atoms with Crippen LogP contribution in [-0.4, -0.2) is 46.2 Å². The zero-order chi connectivity index (χ0) is 14.7. The molecule has 1 aliphatic heterocycles. The summed E-state index contributed by atoms with van der Waals surface area (Å²) < 4.78 is 0. The van der Waals surface area contributed by atoms with Crippen molar-refractivity contribution in [3.8, 4) is 0 Å². The van der Waals surface area contributed by atoms with E-state index in [1.54, 1.807) is 0 Å². The summed E-state index contributed by atoms with van der Waals surface area (Å²) in [5, 5.41) is 7.90. The average molecular weight is 305 g/mol. The highest BCUT2D eigenvalue weighted by molar-refractivity contribution is 6.31. The molecular weight excluding hydrogens is 284 g/mol. The summed E-state index contributed by atoms with van der Waals surface area (Å²) in [6.07, 6.45) is 1.81. The molecule has 4 nitrogen and oxygen atoms in total. The fourth-order valence-corrected chi connectivity index (χ4v) is 3.23. The Morgan fingerprint density at radius 3 is 2.62 bits per heavy atom. The Morgan fingerprint density at radius 1 is 1.19 bits per heavy atom. The number of aromatic nitrogens is 2. The number of H-pyrrole nitrogens is 1. The predicted molar refractivity (Wildman–Crippen MR) is 85.3 cm³/mol. The number of nitrogens with one attached hydrogen (secondary N) is 1. The highest BCUT2D eigenvalue weighted by Gasteiger charge is 2.23. The first-order chi connectivity index (χ1) is 10.2. The summed E-state index contributed by atoms with van der Waals surface area (Å²) in [4.78, 5) is 4.97. The molecule has 1 aromatic heterocycles. The molecule has 0 spiro atoms. The van der Waals surface area contributed by atoms with Crippen LogP contribution in [0.25, 0.3) is 0 Å². The van der Waals surface area contributed by atoms with Crippen LogP contribution < -0.4 is 0 Å². The zero-order valence-corrected chi connectivity index (χ0v) is 13.1. The monoisotopic (exact) mass is 304 g/mol. The van der Waals surface area contributed by atoms with E-state index in [0.29, 0.717) is 6.04 Å². The number of hydrogen-bond donors (Lipinski definition) is 1. The first kappa shape index (κ1) is 14.6. The van der Waals surface area contributed by atoms with Crippen LogP contribution in [0.2, 0.25) is 5.02 Å². The Kier molecular flexibility index (Phi) is 4.58. The van der Waals surface area contributed by atoms with E-state index in [1.807, 2.05) is 24.4 Å². The van der Waals surface area contributed by atoms with Gasteiger partial charge in [0.1, 0.15) is 0 Å². The maximum Gasteiger partial charge on any atom is 0.0492 e. The Balaban J connectivity index is 1.57. The molecule has 0 amide bonds. The normalized spacial score (nSPS) is 18.8. The fourth-order valence-electron chi connectivity index (χ4n) is 2.93. The van der Waals surface area contributed by atoms with Gasteiger partial charge in [0, 0.05) is 55.7 Å². The van der Waals surface area contributed by atoms with E-state index in [-0.39, 0.29) is 0 Å². The Labute approximate surface area is 130 Å². The van der Waals surface area contributed by atoms with E-state index in [9.17, 15) is 0 Å². The van der Waals surface area contributed by atoms with Gasteiger partial charge in [0.15, 0.2) is 0 Å². The minimum atomic E-state index is 0.369. The molecular formula is C16H21ClN4. The summed E-state index contributed by atoms with van der Waals surface area (Å²) in [5.41, 5.74) is 2.41. The molecule has 2 heterocycles. The third-order valence-corrected chi connectivity index (χ3v) is 4.61. The van der Waals surface area contributed by atoms with Gasteiger partial charge in [-0.1, -0.05) is 29.8 Å². The number of piperazine rings is 1. The summed E-state index contributed by atoms with van der Waals surface area (Å²) in [7, 11) is 0. The van der Waals surface area contributed by atoms with E-state index in [1.165, 1.54) is 11.3 Å². The molecule has 1 N–H and O–H groups in total. The van der Waals surface area contributed by atoms with Gasteiger partial charge >= 0.3 is 0 Å². The summed E-state index contributed by atoms with van der Waals surface area (Å²) in [5.74, 6) is 0. The molecule has 21 heavy (non-hydrogen) atoms. The van der Waals surface area contributed by atoms with Gasteiger partial charge in [-0.3, -0.25) is 14.9 Å². The van der Waals surface area contributed by atoms with Crippen LogP contribution in [-0.2, 0) is 6.54 Å². The second kappa shape index (κ2) is 6.60. The molecule has 5 heteroatoms. The third-order valence-electron chi connectivity index (χ3n) is 4.26. The van der Waals surface area contributed by atoms with Crippen molar-refractivity contribution in [2.45, 2.75) is 19.5 Å². The first-order valence-electron chi connectivity index (χ1n) is 7.43.